The highest BCUT2D eigenvalue weighted by Gasteiger charge is 2.23. The van der Waals surface area contributed by atoms with Crippen molar-refractivity contribution in [2.45, 2.75) is 194 Å². The number of ether oxygens (including phenoxy) is 2. The fraction of sp³-hybridized carbons (Fsp3) is 0.850. The molecule has 0 N–H and O–H groups in total. The molecule has 0 bridgehead atoms. The first kappa shape index (κ1) is 40.4. The second-order valence-corrected chi connectivity index (χ2v) is 13.5. The van der Waals surface area contributed by atoms with Gasteiger partial charge < -0.3 is 9.47 Å². The minimum atomic E-state index is -0.0305. The molecule has 0 aromatic rings. The molecule has 1 saturated carbocycles. The van der Waals surface area contributed by atoms with Gasteiger partial charge in [-0.3, -0.25) is 9.59 Å². The summed E-state index contributed by atoms with van der Waals surface area (Å²) in [4.78, 5) is 24.3. The Morgan fingerprint density at radius 3 is 1.09 bits per heavy atom. The summed E-state index contributed by atoms with van der Waals surface area (Å²) >= 11 is 0. The Kier molecular flexibility index (Phi) is 28.9. The molecule has 4 heteroatoms. The van der Waals surface area contributed by atoms with Crippen LogP contribution in [0.3, 0.4) is 0 Å². The predicted octanol–water partition coefficient (Wildman–Crippen LogP) is 12.4. The Balaban J connectivity index is 1.88. The van der Waals surface area contributed by atoms with E-state index in [4.69, 9.17) is 9.47 Å². The maximum atomic E-state index is 12.2. The van der Waals surface area contributed by atoms with Gasteiger partial charge in [0.1, 0.15) is 0 Å². The molecule has 0 atom stereocenters. The highest BCUT2D eigenvalue weighted by Crippen LogP contribution is 2.29. The van der Waals surface area contributed by atoms with Gasteiger partial charge in [-0.2, -0.15) is 0 Å². The third-order valence-electron chi connectivity index (χ3n) is 9.21. The van der Waals surface area contributed by atoms with E-state index in [0.29, 0.717) is 37.9 Å². The number of carbonyl (C=O) groups excluding carboxylic acids is 2. The van der Waals surface area contributed by atoms with Crippen molar-refractivity contribution in [2.75, 3.05) is 13.2 Å². The number of allylic oxidation sites excluding steroid dienone is 4. The fourth-order valence-electron chi connectivity index (χ4n) is 6.10. The first-order valence-electron chi connectivity index (χ1n) is 19.3. The van der Waals surface area contributed by atoms with Gasteiger partial charge in [-0.25, -0.2) is 0 Å². The van der Waals surface area contributed by atoms with E-state index in [1.54, 1.807) is 0 Å². The number of esters is 2. The van der Waals surface area contributed by atoms with Gasteiger partial charge in [-0.05, 0) is 102 Å². The summed E-state index contributed by atoms with van der Waals surface area (Å²) in [6, 6.07) is 0. The molecule has 0 aromatic carbocycles. The van der Waals surface area contributed by atoms with Crippen LogP contribution in [0.25, 0.3) is 0 Å². The van der Waals surface area contributed by atoms with Crippen LogP contribution in [0.2, 0.25) is 0 Å². The molecule has 1 fully saturated rings. The van der Waals surface area contributed by atoms with Gasteiger partial charge >= 0.3 is 11.9 Å². The van der Waals surface area contributed by atoms with Crippen LogP contribution in [0.15, 0.2) is 24.3 Å². The Morgan fingerprint density at radius 2 is 0.750 bits per heavy atom. The summed E-state index contributed by atoms with van der Waals surface area (Å²) in [5.41, 5.74) is 0. The molecule has 0 saturated heterocycles. The largest absolute Gasteiger partial charge is 0.465 e. The van der Waals surface area contributed by atoms with Crippen LogP contribution in [0.5, 0.6) is 0 Å². The van der Waals surface area contributed by atoms with Crippen molar-refractivity contribution in [3.8, 4) is 0 Å². The summed E-state index contributed by atoms with van der Waals surface area (Å²) in [6.07, 6.45) is 42.0. The zero-order valence-electron chi connectivity index (χ0n) is 29.3. The van der Waals surface area contributed by atoms with E-state index in [1.165, 1.54) is 116 Å². The summed E-state index contributed by atoms with van der Waals surface area (Å²) in [6.45, 7) is 5.64. The molecule has 1 aliphatic carbocycles. The standard InChI is InChI=1S/C40H72O4/c1-3-5-7-9-11-13-15-17-19-21-23-25-27-29-39(41)43-35-37-31-33-38(34-32-37)36-44-40(42)30-28-26-24-22-20-18-16-14-12-10-8-6-4-2/h13-16,37-38H,3-12,17-36H2,1-2H3/b15-13-,16-14-. The lowest BCUT2D eigenvalue weighted by atomic mass is 9.83. The van der Waals surface area contributed by atoms with E-state index < -0.39 is 0 Å². The number of unbranched alkanes of at least 4 members (excludes halogenated alkanes) is 18. The van der Waals surface area contributed by atoms with Crippen LogP contribution < -0.4 is 0 Å². The van der Waals surface area contributed by atoms with Crippen molar-refractivity contribution in [1.82, 2.24) is 0 Å². The Labute approximate surface area is 273 Å². The van der Waals surface area contributed by atoms with E-state index in [2.05, 4.69) is 38.2 Å². The van der Waals surface area contributed by atoms with Crippen molar-refractivity contribution in [1.29, 1.82) is 0 Å². The quantitative estimate of drug-likeness (QED) is 0.0457. The van der Waals surface area contributed by atoms with Gasteiger partial charge in [0.15, 0.2) is 0 Å². The second kappa shape index (κ2) is 31.4. The van der Waals surface area contributed by atoms with E-state index >= 15 is 0 Å². The van der Waals surface area contributed by atoms with Crippen LogP contribution in [0, 0.1) is 11.8 Å². The highest BCUT2D eigenvalue weighted by atomic mass is 16.5. The predicted molar refractivity (Wildman–Crippen MR) is 188 cm³/mol. The summed E-state index contributed by atoms with van der Waals surface area (Å²) in [7, 11) is 0. The molecular weight excluding hydrogens is 544 g/mol. The molecule has 0 amide bonds. The summed E-state index contributed by atoms with van der Waals surface area (Å²) in [5, 5.41) is 0. The van der Waals surface area contributed by atoms with Gasteiger partial charge in [0.25, 0.3) is 0 Å². The highest BCUT2D eigenvalue weighted by molar-refractivity contribution is 5.69. The molecule has 0 heterocycles. The molecule has 1 aliphatic rings. The minimum absolute atomic E-state index is 0.0305. The normalized spacial score (nSPS) is 17.0. The van der Waals surface area contributed by atoms with Crippen LogP contribution in [0.1, 0.15) is 194 Å². The molecule has 4 nitrogen and oxygen atoms in total. The average molecular weight is 617 g/mol. The monoisotopic (exact) mass is 617 g/mol. The van der Waals surface area contributed by atoms with Gasteiger partial charge in [-0.15, -0.1) is 0 Å². The van der Waals surface area contributed by atoms with E-state index in [1.807, 2.05) is 0 Å². The van der Waals surface area contributed by atoms with Crippen LogP contribution in [0.4, 0.5) is 0 Å². The Hall–Kier alpha value is -1.58. The van der Waals surface area contributed by atoms with Crippen molar-refractivity contribution in [3.63, 3.8) is 0 Å². The van der Waals surface area contributed by atoms with Crippen molar-refractivity contribution >= 4 is 11.9 Å². The molecule has 0 aliphatic heterocycles. The molecule has 256 valence electrons. The molecule has 1 rings (SSSR count). The number of hydrogen-bond acceptors (Lipinski definition) is 4. The van der Waals surface area contributed by atoms with Crippen LogP contribution >= 0.6 is 0 Å². The van der Waals surface area contributed by atoms with E-state index in [0.717, 1.165) is 51.4 Å². The first-order chi connectivity index (χ1) is 21.7. The molecule has 0 radical (unpaired) electrons. The van der Waals surface area contributed by atoms with E-state index in [-0.39, 0.29) is 11.9 Å². The van der Waals surface area contributed by atoms with Crippen molar-refractivity contribution in [3.05, 3.63) is 24.3 Å². The lowest BCUT2D eigenvalue weighted by Crippen LogP contribution is -2.23. The molecule has 44 heavy (non-hydrogen) atoms. The fourth-order valence-corrected chi connectivity index (χ4v) is 6.10. The topological polar surface area (TPSA) is 52.6 Å². The van der Waals surface area contributed by atoms with Gasteiger partial charge in [0.2, 0.25) is 0 Å². The first-order valence-corrected chi connectivity index (χ1v) is 19.3. The minimum Gasteiger partial charge on any atom is -0.465 e. The third-order valence-corrected chi connectivity index (χ3v) is 9.21. The van der Waals surface area contributed by atoms with Gasteiger partial charge in [0, 0.05) is 12.8 Å². The van der Waals surface area contributed by atoms with Crippen molar-refractivity contribution in [2.24, 2.45) is 11.8 Å². The summed E-state index contributed by atoms with van der Waals surface area (Å²) in [5.74, 6) is 0.868. The average Bonchev–Trinajstić information content (AvgIpc) is 3.04. The maximum Gasteiger partial charge on any atom is 0.305 e. The second-order valence-electron chi connectivity index (χ2n) is 13.5. The van der Waals surface area contributed by atoms with E-state index in [9.17, 15) is 9.59 Å². The summed E-state index contributed by atoms with van der Waals surface area (Å²) < 4.78 is 11.2. The Bertz CT molecular complexity index is 644. The lowest BCUT2D eigenvalue weighted by molar-refractivity contribution is -0.147. The number of rotatable bonds is 30. The van der Waals surface area contributed by atoms with Gasteiger partial charge in [0.05, 0.1) is 13.2 Å². The van der Waals surface area contributed by atoms with Crippen molar-refractivity contribution < 1.29 is 19.1 Å². The van der Waals surface area contributed by atoms with Crippen LogP contribution in [-0.4, -0.2) is 25.2 Å². The molecular formula is C40H72O4. The molecule has 0 aromatic heterocycles. The maximum absolute atomic E-state index is 12.2. The van der Waals surface area contributed by atoms with Gasteiger partial charge in [-0.1, -0.05) is 115 Å². The lowest BCUT2D eigenvalue weighted by Gasteiger charge is -2.27. The molecule has 0 unspecified atom stereocenters. The SMILES string of the molecule is CCCCCC/C=C\CCCCCCCC(=O)OCC1CCC(COC(=O)CCCCCCC/C=C\CCCCCC)CC1. The zero-order chi connectivity index (χ0) is 31.8. The van der Waals surface area contributed by atoms with Crippen LogP contribution in [-0.2, 0) is 19.1 Å². The zero-order valence-corrected chi connectivity index (χ0v) is 29.3. The molecule has 0 spiro atoms. The number of hydrogen-bond donors (Lipinski definition) is 0. The smallest absolute Gasteiger partial charge is 0.305 e. The Morgan fingerprint density at radius 1 is 0.455 bits per heavy atom. The third kappa shape index (κ3) is 26.8. The number of carbonyl (C=O) groups is 2.